The molecule has 2 unspecified atom stereocenters. The Kier molecular flexibility index (Phi) is 6.11. The summed E-state index contributed by atoms with van der Waals surface area (Å²) in [7, 11) is 1.49. The minimum Gasteiger partial charge on any atom is -0.478 e. The van der Waals surface area contributed by atoms with Gasteiger partial charge in [0, 0.05) is 24.2 Å². The van der Waals surface area contributed by atoms with Gasteiger partial charge in [0.25, 0.3) is 5.88 Å². The average molecular weight is 423 g/mol. The standard InChI is InChI=1S/C19H20F3N5O3/c1-11(24-18(29)26-15(10-28)19(20,21)22)12-4-3-5-13(8-12)14-9-27-7-6-23-16(27)17(25-14)30-2/h3-9,11,15,28H,10H2,1-2H3,(H2,24,26,29). The number of imidazole rings is 1. The zero-order valence-corrected chi connectivity index (χ0v) is 16.1. The van der Waals surface area contributed by atoms with Crippen molar-refractivity contribution in [3.05, 3.63) is 48.4 Å². The normalized spacial score (nSPS) is 13.7. The van der Waals surface area contributed by atoms with Gasteiger partial charge in [-0.2, -0.15) is 13.2 Å². The molecular formula is C19H20F3N5O3. The number of amides is 2. The molecular weight excluding hydrogens is 403 g/mol. The molecule has 30 heavy (non-hydrogen) atoms. The van der Waals surface area contributed by atoms with Crippen molar-refractivity contribution in [2.75, 3.05) is 13.7 Å². The van der Waals surface area contributed by atoms with E-state index in [9.17, 15) is 18.0 Å². The van der Waals surface area contributed by atoms with E-state index in [1.807, 2.05) is 6.07 Å². The fraction of sp³-hybridized carbons (Fsp3) is 0.316. The number of nitrogens with one attached hydrogen (secondary N) is 2. The van der Waals surface area contributed by atoms with Crippen molar-refractivity contribution >= 4 is 11.7 Å². The first-order valence-electron chi connectivity index (χ1n) is 8.95. The molecule has 0 aliphatic carbocycles. The maximum atomic E-state index is 12.7. The Labute approximate surface area is 169 Å². The number of carbonyl (C=O) groups excluding carboxylic acids is 1. The number of aliphatic hydroxyl groups is 1. The first kappa shape index (κ1) is 21.4. The molecule has 0 bridgehead atoms. The first-order valence-corrected chi connectivity index (χ1v) is 8.95. The lowest BCUT2D eigenvalue weighted by molar-refractivity contribution is -0.160. The Bertz CT molecular complexity index is 1040. The third kappa shape index (κ3) is 4.62. The number of halogens is 3. The number of ether oxygens (including phenoxy) is 1. The van der Waals surface area contributed by atoms with Crippen LogP contribution >= 0.6 is 0 Å². The molecule has 2 heterocycles. The van der Waals surface area contributed by atoms with Crippen LogP contribution in [0.3, 0.4) is 0 Å². The average Bonchev–Trinajstić information content (AvgIpc) is 3.19. The van der Waals surface area contributed by atoms with Crippen molar-refractivity contribution in [1.29, 1.82) is 0 Å². The van der Waals surface area contributed by atoms with Gasteiger partial charge in [-0.05, 0) is 18.6 Å². The third-order valence-electron chi connectivity index (χ3n) is 4.45. The number of hydrogen-bond acceptors (Lipinski definition) is 5. The van der Waals surface area contributed by atoms with Gasteiger partial charge in [-0.1, -0.05) is 18.2 Å². The first-order chi connectivity index (χ1) is 14.2. The number of fused-ring (bicyclic) bond motifs is 1. The van der Waals surface area contributed by atoms with E-state index in [0.29, 0.717) is 22.8 Å². The molecule has 0 aliphatic heterocycles. The van der Waals surface area contributed by atoms with E-state index < -0.39 is 30.9 Å². The Hall–Kier alpha value is -3.34. The SMILES string of the molecule is COc1nc(-c2cccc(C(C)NC(=O)NC(CO)C(F)(F)F)c2)cn2ccnc12. The third-order valence-corrected chi connectivity index (χ3v) is 4.45. The van der Waals surface area contributed by atoms with Crippen molar-refractivity contribution < 1.29 is 27.8 Å². The number of nitrogens with zero attached hydrogens (tertiary/aromatic N) is 3. The predicted octanol–water partition coefficient (Wildman–Crippen LogP) is 2.69. The molecule has 0 fully saturated rings. The molecule has 0 spiro atoms. The van der Waals surface area contributed by atoms with Crippen LogP contribution in [0.2, 0.25) is 0 Å². The Balaban J connectivity index is 1.79. The van der Waals surface area contributed by atoms with E-state index >= 15 is 0 Å². The van der Waals surface area contributed by atoms with Gasteiger partial charge in [-0.25, -0.2) is 14.8 Å². The fourth-order valence-electron chi connectivity index (χ4n) is 2.86. The molecule has 0 saturated heterocycles. The van der Waals surface area contributed by atoms with Crippen molar-refractivity contribution in [3.63, 3.8) is 0 Å². The van der Waals surface area contributed by atoms with Crippen molar-refractivity contribution in [2.45, 2.75) is 25.2 Å². The van der Waals surface area contributed by atoms with Crippen LogP contribution < -0.4 is 15.4 Å². The van der Waals surface area contributed by atoms with Gasteiger partial charge < -0.3 is 24.9 Å². The van der Waals surface area contributed by atoms with Crippen LogP contribution in [0.4, 0.5) is 18.0 Å². The van der Waals surface area contributed by atoms with E-state index in [1.165, 1.54) is 7.11 Å². The van der Waals surface area contributed by atoms with Gasteiger partial charge in [-0.15, -0.1) is 0 Å². The zero-order chi connectivity index (χ0) is 21.9. The largest absolute Gasteiger partial charge is 0.478 e. The highest BCUT2D eigenvalue weighted by atomic mass is 19.4. The minimum absolute atomic E-state index is 0.343. The summed E-state index contributed by atoms with van der Waals surface area (Å²) >= 11 is 0. The lowest BCUT2D eigenvalue weighted by Gasteiger charge is -2.22. The molecule has 2 amide bonds. The lowest BCUT2D eigenvalue weighted by Crippen LogP contribution is -2.51. The highest BCUT2D eigenvalue weighted by molar-refractivity contribution is 5.75. The maximum Gasteiger partial charge on any atom is 0.410 e. The summed E-state index contributed by atoms with van der Waals surface area (Å²) in [4.78, 5) is 20.5. The molecule has 11 heteroatoms. The van der Waals surface area contributed by atoms with Crippen LogP contribution in [0.1, 0.15) is 18.5 Å². The lowest BCUT2D eigenvalue weighted by atomic mass is 10.0. The van der Waals surface area contributed by atoms with Crippen molar-refractivity contribution in [2.24, 2.45) is 0 Å². The number of benzene rings is 1. The van der Waals surface area contributed by atoms with Crippen LogP contribution in [0, 0.1) is 0 Å². The number of aliphatic hydroxyl groups excluding tert-OH is 1. The van der Waals surface area contributed by atoms with Crippen molar-refractivity contribution in [1.82, 2.24) is 25.0 Å². The number of aromatic nitrogens is 3. The molecule has 3 aromatic rings. The smallest absolute Gasteiger partial charge is 0.410 e. The van der Waals surface area contributed by atoms with Gasteiger partial charge in [0.2, 0.25) is 0 Å². The molecule has 0 aliphatic rings. The second-order valence-electron chi connectivity index (χ2n) is 6.54. The van der Waals surface area contributed by atoms with Crippen LogP contribution in [0.25, 0.3) is 16.9 Å². The molecule has 0 radical (unpaired) electrons. The second-order valence-corrected chi connectivity index (χ2v) is 6.54. The summed E-state index contributed by atoms with van der Waals surface area (Å²) in [5.41, 5.74) is 2.53. The summed E-state index contributed by atoms with van der Waals surface area (Å²) in [6.07, 6.45) is 0.389. The highest BCUT2D eigenvalue weighted by Gasteiger charge is 2.40. The molecule has 0 saturated carbocycles. The molecule has 160 valence electrons. The van der Waals surface area contributed by atoms with Crippen molar-refractivity contribution in [3.8, 4) is 17.1 Å². The minimum atomic E-state index is -4.74. The number of hydrogen-bond donors (Lipinski definition) is 3. The zero-order valence-electron chi connectivity index (χ0n) is 16.1. The summed E-state index contributed by atoms with van der Waals surface area (Å²) in [5, 5.41) is 13.0. The summed E-state index contributed by atoms with van der Waals surface area (Å²) in [6, 6.07) is 3.08. The Morgan fingerprint density at radius 1 is 1.33 bits per heavy atom. The van der Waals surface area contributed by atoms with Gasteiger partial charge in [0.15, 0.2) is 5.65 Å². The van der Waals surface area contributed by atoms with E-state index in [4.69, 9.17) is 9.84 Å². The van der Waals surface area contributed by atoms with Crippen LogP contribution in [-0.4, -0.2) is 51.4 Å². The fourth-order valence-corrected chi connectivity index (χ4v) is 2.86. The van der Waals surface area contributed by atoms with Gasteiger partial charge >= 0.3 is 12.2 Å². The number of alkyl halides is 3. The molecule has 3 rings (SSSR count). The summed E-state index contributed by atoms with van der Waals surface area (Å²) in [5.74, 6) is 0.343. The Morgan fingerprint density at radius 2 is 2.10 bits per heavy atom. The number of urea groups is 1. The monoisotopic (exact) mass is 423 g/mol. The molecule has 2 atom stereocenters. The van der Waals surface area contributed by atoms with E-state index in [2.05, 4.69) is 15.3 Å². The van der Waals surface area contributed by atoms with E-state index in [0.717, 1.165) is 5.56 Å². The quantitative estimate of drug-likeness (QED) is 0.566. The molecule has 1 aromatic carbocycles. The number of methoxy groups -OCH3 is 1. The number of rotatable bonds is 6. The van der Waals surface area contributed by atoms with Crippen LogP contribution in [0.5, 0.6) is 5.88 Å². The summed E-state index contributed by atoms with van der Waals surface area (Å²) < 4.78 is 45.2. The predicted molar refractivity (Wildman–Crippen MR) is 102 cm³/mol. The summed E-state index contributed by atoms with van der Waals surface area (Å²) in [6.45, 7) is 0.387. The van der Waals surface area contributed by atoms with Crippen LogP contribution in [-0.2, 0) is 0 Å². The molecule has 8 nitrogen and oxygen atoms in total. The Morgan fingerprint density at radius 3 is 2.77 bits per heavy atom. The molecule has 3 N–H and O–H groups in total. The molecule has 2 aromatic heterocycles. The van der Waals surface area contributed by atoms with E-state index in [1.54, 1.807) is 53.4 Å². The van der Waals surface area contributed by atoms with Crippen LogP contribution in [0.15, 0.2) is 42.9 Å². The topological polar surface area (TPSA) is 101 Å². The van der Waals surface area contributed by atoms with Gasteiger partial charge in [-0.3, -0.25) is 0 Å². The van der Waals surface area contributed by atoms with E-state index in [-0.39, 0.29) is 0 Å². The number of carbonyl (C=O) groups is 1. The van der Waals surface area contributed by atoms with Gasteiger partial charge in [0.1, 0.15) is 6.04 Å². The maximum absolute atomic E-state index is 12.7. The second kappa shape index (κ2) is 8.57. The highest BCUT2D eigenvalue weighted by Crippen LogP contribution is 2.26. The van der Waals surface area contributed by atoms with Gasteiger partial charge in [0.05, 0.1) is 25.5 Å².